The summed E-state index contributed by atoms with van der Waals surface area (Å²) in [5.41, 5.74) is 1.43. The zero-order chi connectivity index (χ0) is 16.4. The van der Waals surface area contributed by atoms with Crippen LogP contribution in [0.25, 0.3) is 11.4 Å². The van der Waals surface area contributed by atoms with E-state index in [4.69, 9.17) is 16.1 Å². The molecule has 0 unspecified atom stereocenters. The summed E-state index contributed by atoms with van der Waals surface area (Å²) in [7, 11) is -3.60. The third kappa shape index (κ3) is 3.78. The van der Waals surface area contributed by atoms with Crippen LogP contribution in [0.1, 0.15) is 11.5 Å². The lowest BCUT2D eigenvalue weighted by molar-refractivity contribution is 0.394. The first-order valence-electron chi connectivity index (χ1n) is 6.57. The summed E-state index contributed by atoms with van der Waals surface area (Å²) >= 11 is 6.91. The zero-order valence-electron chi connectivity index (χ0n) is 12.0. The van der Waals surface area contributed by atoms with Crippen molar-refractivity contribution in [1.82, 2.24) is 14.9 Å². The molecule has 0 aliphatic heterocycles. The van der Waals surface area contributed by atoms with Gasteiger partial charge in [-0.05, 0) is 23.8 Å². The Morgan fingerprint density at radius 3 is 2.70 bits per heavy atom. The van der Waals surface area contributed by atoms with Crippen LogP contribution < -0.4 is 4.72 Å². The second-order valence-corrected chi connectivity index (χ2v) is 8.08. The summed E-state index contributed by atoms with van der Waals surface area (Å²) < 4.78 is 32.3. The molecule has 3 rings (SSSR count). The highest BCUT2D eigenvalue weighted by Crippen LogP contribution is 2.26. The molecule has 0 fully saturated rings. The molecule has 120 valence electrons. The Morgan fingerprint density at radius 1 is 1.30 bits per heavy atom. The number of thiophene rings is 1. The lowest BCUT2D eigenvalue weighted by Crippen LogP contribution is -2.22. The average Bonchev–Trinajstić information content (AvgIpc) is 3.16. The first-order chi connectivity index (χ1) is 10.9. The van der Waals surface area contributed by atoms with Gasteiger partial charge in [0.15, 0.2) is 0 Å². The van der Waals surface area contributed by atoms with Crippen molar-refractivity contribution >= 4 is 33.0 Å². The van der Waals surface area contributed by atoms with Gasteiger partial charge in [0.2, 0.25) is 21.7 Å². The Bertz CT molecular complexity index is 917. The van der Waals surface area contributed by atoms with Gasteiger partial charge in [-0.25, -0.2) is 13.1 Å². The normalized spacial score (nSPS) is 11.7. The van der Waals surface area contributed by atoms with Gasteiger partial charge in [0.05, 0.1) is 0 Å². The van der Waals surface area contributed by atoms with Crippen molar-refractivity contribution in [3.8, 4) is 11.4 Å². The Hall–Kier alpha value is -1.74. The first-order valence-corrected chi connectivity index (χ1v) is 9.31. The van der Waals surface area contributed by atoms with E-state index < -0.39 is 10.0 Å². The molecule has 2 aromatic heterocycles. The fourth-order valence-corrected chi connectivity index (χ4v) is 4.19. The van der Waals surface area contributed by atoms with Gasteiger partial charge in [0.1, 0.15) is 4.21 Å². The van der Waals surface area contributed by atoms with E-state index in [1.807, 2.05) is 0 Å². The number of nitrogens with one attached hydrogen (secondary N) is 1. The van der Waals surface area contributed by atoms with Gasteiger partial charge < -0.3 is 4.52 Å². The Morgan fingerprint density at radius 2 is 2.04 bits per heavy atom. The maximum atomic E-state index is 12.3. The Kier molecular flexibility index (Phi) is 4.49. The molecule has 0 amide bonds. The molecule has 0 radical (unpaired) electrons. The molecular formula is C14H12ClN3O3S2. The molecule has 1 N–H and O–H groups in total. The minimum absolute atomic E-state index is 0.189. The fraction of sp³-hybridized carbons (Fsp3) is 0.143. The van der Waals surface area contributed by atoms with Gasteiger partial charge in [-0.15, -0.1) is 11.3 Å². The minimum atomic E-state index is -3.60. The van der Waals surface area contributed by atoms with Crippen molar-refractivity contribution < 1.29 is 12.9 Å². The molecular weight excluding hydrogens is 358 g/mol. The van der Waals surface area contributed by atoms with Crippen LogP contribution in [0.4, 0.5) is 0 Å². The molecule has 1 aromatic carbocycles. The highest BCUT2D eigenvalue weighted by molar-refractivity contribution is 7.91. The molecule has 0 saturated carbocycles. The van der Waals surface area contributed by atoms with Gasteiger partial charge in [0.25, 0.3) is 0 Å². The maximum absolute atomic E-state index is 12.3. The van der Waals surface area contributed by atoms with Crippen LogP contribution >= 0.6 is 22.9 Å². The van der Waals surface area contributed by atoms with Crippen molar-refractivity contribution in [2.75, 3.05) is 0 Å². The Labute approximate surface area is 142 Å². The first kappa shape index (κ1) is 16.1. The quantitative estimate of drug-likeness (QED) is 0.746. The molecule has 3 aromatic rings. The van der Waals surface area contributed by atoms with Gasteiger partial charge in [-0.1, -0.05) is 28.9 Å². The molecule has 0 bridgehead atoms. The van der Waals surface area contributed by atoms with Crippen LogP contribution in [0.15, 0.2) is 44.4 Å². The third-order valence-electron chi connectivity index (χ3n) is 3.01. The molecule has 0 saturated heterocycles. The maximum Gasteiger partial charge on any atom is 0.250 e. The van der Waals surface area contributed by atoms with Crippen LogP contribution in [-0.4, -0.2) is 18.6 Å². The number of benzene rings is 1. The van der Waals surface area contributed by atoms with E-state index >= 15 is 0 Å². The van der Waals surface area contributed by atoms with Crippen LogP contribution in [0.5, 0.6) is 0 Å². The standard InChI is InChI=1S/C14H12ClN3O3S2/c1-9-17-14(18-21-9)11-6-13(22-8-11)23(19,20)16-7-10-2-4-12(15)5-3-10/h2-6,8,16H,7H2,1H3. The van der Waals surface area contributed by atoms with E-state index in [9.17, 15) is 8.42 Å². The molecule has 0 spiro atoms. The van der Waals surface area contributed by atoms with E-state index in [-0.39, 0.29) is 10.8 Å². The van der Waals surface area contributed by atoms with Gasteiger partial charge >= 0.3 is 0 Å². The monoisotopic (exact) mass is 369 g/mol. The predicted octanol–water partition coefficient (Wildman–Crippen LogP) is 3.24. The third-order valence-corrected chi connectivity index (χ3v) is 6.10. The number of hydrogen-bond donors (Lipinski definition) is 1. The summed E-state index contributed by atoms with van der Waals surface area (Å²) in [5, 5.41) is 6.06. The number of rotatable bonds is 5. The smallest absolute Gasteiger partial charge is 0.250 e. The number of sulfonamides is 1. The molecule has 2 heterocycles. The van der Waals surface area contributed by atoms with Crippen molar-refractivity contribution in [1.29, 1.82) is 0 Å². The van der Waals surface area contributed by atoms with Gasteiger partial charge in [0, 0.05) is 29.4 Å². The van der Waals surface area contributed by atoms with Crippen LogP contribution in [-0.2, 0) is 16.6 Å². The number of aryl methyl sites for hydroxylation is 1. The van der Waals surface area contributed by atoms with E-state index in [0.29, 0.717) is 22.3 Å². The van der Waals surface area contributed by atoms with Crippen molar-refractivity contribution in [3.05, 3.63) is 52.2 Å². The summed E-state index contributed by atoms with van der Waals surface area (Å²) in [6.07, 6.45) is 0. The van der Waals surface area contributed by atoms with E-state index in [0.717, 1.165) is 16.9 Å². The molecule has 23 heavy (non-hydrogen) atoms. The highest BCUT2D eigenvalue weighted by atomic mass is 35.5. The average molecular weight is 370 g/mol. The summed E-state index contributed by atoms with van der Waals surface area (Å²) in [6, 6.07) is 8.50. The second kappa shape index (κ2) is 6.40. The molecule has 0 aliphatic rings. The zero-order valence-corrected chi connectivity index (χ0v) is 14.4. The van der Waals surface area contributed by atoms with Crippen molar-refractivity contribution in [2.24, 2.45) is 0 Å². The number of hydrogen-bond acceptors (Lipinski definition) is 6. The van der Waals surface area contributed by atoms with Gasteiger partial charge in [-0.2, -0.15) is 4.98 Å². The molecule has 0 atom stereocenters. The largest absolute Gasteiger partial charge is 0.339 e. The SMILES string of the molecule is Cc1nc(-c2csc(S(=O)(=O)NCc3ccc(Cl)cc3)c2)no1. The predicted molar refractivity (Wildman–Crippen MR) is 87.8 cm³/mol. The molecule has 6 nitrogen and oxygen atoms in total. The van der Waals surface area contributed by atoms with Gasteiger partial charge in [-0.3, -0.25) is 0 Å². The minimum Gasteiger partial charge on any atom is -0.339 e. The van der Waals surface area contributed by atoms with E-state index in [2.05, 4.69) is 14.9 Å². The lowest BCUT2D eigenvalue weighted by Gasteiger charge is -2.04. The van der Waals surface area contributed by atoms with Crippen LogP contribution in [0.3, 0.4) is 0 Å². The highest BCUT2D eigenvalue weighted by Gasteiger charge is 2.18. The number of aromatic nitrogens is 2. The second-order valence-electron chi connectivity index (χ2n) is 4.74. The Balaban J connectivity index is 1.75. The number of nitrogens with zero attached hydrogens (tertiary/aromatic N) is 2. The summed E-state index contributed by atoms with van der Waals surface area (Å²) in [5.74, 6) is 0.800. The van der Waals surface area contributed by atoms with E-state index in [1.165, 1.54) is 6.07 Å². The van der Waals surface area contributed by atoms with E-state index in [1.54, 1.807) is 36.6 Å². The fourth-order valence-electron chi connectivity index (χ4n) is 1.84. The van der Waals surface area contributed by atoms with Crippen molar-refractivity contribution in [2.45, 2.75) is 17.7 Å². The number of halogens is 1. The summed E-state index contributed by atoms with van der Waals surface area (Å²) in [6.45, 7) is 1.86. The molecule has 0 aliphatic carbocycles. The topological polar surface area (TPSA) is 85.1 Å². The summed E-state index contributed by atoms with van der Waals surface area (Å²) in [4.78, 5) is 4.08. The van der Waals surface area contributed by atoms with Crippen LogP contribution in [0.2, 0.25) is 5.02 Å². The molecule has 9 heteroatoms. The lowest BCUT2D eigenvalue weighted by atomic mass is 10.2. The van der Waals surface area contributed by atoms with Crippen molar-refractivity contribution in [3.63, 3.8) is 0 Å². The van der Waals surface area contributed by atoms with Crippen LogP contribution in [0, 0.1) is 6.92 Å².